The monoisotopic (exact) mass is 472 g/mol. The van der Waals surface area contributed by atoms with Crippen LogP contribution in [0.5, 0.6) is 0 Å². The Labute approximate surface area is 184 Å². The average Bonchev–Trinajstić information content (AvgIpc) is 2.59. The molecule has 0 amide bonds. The molecule has 0 aliphatic heterocycles. The number of carboxylic acid groups (broad SMARTS) is 2. The minimum atomic E-state index is -3.26. The quantitative estimate of drug-likeness (QED) is 0.165. The van der Waals surface area contributed by atoms with Gasteiger partial charge >= 0.3 is 78.6 Å². The van der Waals surface area contributed by atoms with Crippen molar-refractivity contribution in [3.63, 3.8) is 0 Å². The van der Waals surface area contributed by atoms with Crippen LogP contribution in [0.1, 0.15) is 68.2 Å². The Hall–Kier alpha value is -1.37. The van der Waals surface area contributed by atoms with Gasteiger partial charge in [0.1, 0.15) is 11.6 Å². The molecule has 0 aromatic heterocycles. The molecule has 0 fully saturated rings. The van der Waals surface area contributed by atoms with E-state index in [1.54, 1.807) is 41.5 Å². The second-order valence-corrected chi connectivity index (χ2v) is 7.79. The van der Waals surface area contributed by atoms with Gasteiger partial charge in [0.25, 0.3) is 0 Å². The Balaban J connectivity index is -0.000000371. The summed E-state index contributed by atoms with van der Waals surface area (Å²) in [5, 5.41) is 20.1. The summed E-state index contributed by atoms with van der Waals surface area (Å²) in [6.45, 7) is 12.8. The zero-order chi connectivity index (χ0) is 24.4. The van der Waals surface area contributed by atoms with Crippen molar-refractivity contribution in [1.29, 1.82) is 0 Å². The molecule has 11 nitrogen and oxygen atoms in total. The second-order valence-electron chi connectivity index (χ2n) is 6.49. The summed E-state index contributed by atoms with van der Waals surface area (Å²) in [5.41, 5.74) is 0. The Morgan fingerprint density at radius 3 is 1.10 bits per heavy atom. The van der Waals surface area contributed by atoms with Crippen molar-refractivity contribution in [2.45, 2.75) is 80.4 Å². The van der Waals surface area contributed by atoms with Crippen LogP contribution in [-0.4, -0.2) is 35.7 Å². The molecule has 12 heteroatoms. The molecule has 0 aliphatic rings. The van der Waals surface area contributed by atoms with Crippen LogP contribution in [0.3, 0.4) is 0 Å². The van der Waals surface area contributed by atoms with Gasteiger partial charge in [0.2, 0.25) is 0 Å². The summed E-state index contributed by atoms with van der Waals surface area (Å²) in [6.07, 6.45) is 0.364. The SMILES string of the molecule is CC(C)O[O][Ti+2](=[O])[O]OC(C)C.CCC(C(C)=O)C(=O)[O-].CCC(C(C)=O)C(=O)[O-]. The number of aliphatic carboxylic acids is 2. The van der Waals surface area contributed by atoms with Crippen molar-refractivity contribution in [3.8, 4) is 0 Å². The van der Waals surface area contributed by atoms with E-state index in [1.165, 1.54) is 13.8 Å². The van der Waals surface area contributed by atoms with Gasteiger partial charge in [-0.2, -0.15) is 0 Å². The van der Waals surface area contributed by atoms with Crippen LogP contribution in [-0.2, 0) is 57.8 Å². The van der Waals surface area contributed by atoms with Crippen molar-refractivity contribution >= 4 is 23.5 Å². The average molecular weight is 472 g/mol. The van der Waals surface area contributed by atoms with Gasteiger partial charge in [0.15, 0.2) is 0 Å². The van der Waals surface area contributed by atoms with Crippen molar-refractivity contribution in [2.75, 3.05) is 0 Å². The first-order valence-electron chi connectivity index (χ1n) is 9.34. The summed E-state index contributed by atoms with van der Waals surface area (Å²) < 4.78 is 19.6. The maximum atomic E-state index is 10.8. The van der Waals surface area contributed by atoms with E-state index in [4.69, 9.17) is 0 Å². The van der Waals surface area contributed by atoms with Gasteiger partial charge in [0, 0.05) is 0 Å². The topological polar surface area (TPSA) is 168 Å². The number of Topliss-reactive ketones (excluding diaryl/α,β-unsaturated/α-hetero) is 2. The Bertz CT molecular complexity index is 472. The number of hydrogen-bond acceptors (Lipinski definition) is 11. The van der Waals surface area contributed by atoms with Gasteiger partial charge in [-0.1, -0.05) is 13.8 Å². The van der Waals surface area contributed by atoms with E-state index in [0.717, 1.165) is 0 Å². The third kappa shape index (κ3) is 21.3. The second kappa shape index (κ2) is 19.6. The number of hydrogen-bond donors (Lipinski definition) is 0. The van der Waals surface area contributed by atoms with Crippen LogP contribution < -0.4 is 10.2 Å². The van der Waals surface area contributed by atoms with E-state index >= 15 is 0 Å². The molecule has 0 bridgehead atoms. The molecule has 0 heterocycles. The van der Waals surface area contributed by atoms with Crippen LogP contribution in [0, 0.1) is 11.8 Å². The first-order chi connectivity index (χ1) is 13.7. The molecule has 2 unspecified atom stereocenters. The molecule has 0 spiro atoms. The van der Waals surface area contributed by atoms with Gasteiger partial charge in [-0.15, -0.1) is 0 Å². The smallest absolute Gasteiger partial charge is 0.138 e. The van der Waals surface area contributed by atoms with Gasteiger partial charge in [-0.25, -0.2) is 0 Å². The fourth-order valence-corrected chi connectivity index (χ4v) is 2.41. The predicted molar refractivity (Wildman–Crippen MR) is 94.2 cm³/mol. The standard InChI is InChI=1S/2C6H10O3.2C3H8O2.O.Ti/c2*1-3-5(4(2)7)6(8)9;2*1-3(2)5-4;;/h2*5H,3H2,1-2H3,(H,8,9);2*3-4H,1-2H3;;/q;;;;;+4/p-4. The number of carbonyl (C=O) groups excluding carboxylic acids is 4. The Kier molecular flexibility index (Phi) is 21.7. The molecule has 0 radical (unpaired) electrons. The molecule has 0 aliphatic carbocycles. The molecule has 0 aromatic carbocycles. The molecule has 2 atom stereocenters. The summed E-state index contributed by atoms with van der Waals surface area (Å²) >= 11 is -3.26. The minimum absolute atomic E-state index is 0.135. The minimum Gasteiger partial charge on any atom is -0.549 e. The summed E-state index contributed by atoms with van der Waals surface area (Å²) in [7, 11) is 0. The molecule has 0 aromatic rings. The van der Waals surface area contributed by atoms with Crippen LogP contribution >= 0.6 is 0 Å². The fourth-order valence-electron chi connectivity index (χ4n) is 1.53. The van der Waals surface area contributed by atoms with E-state index in [9.17, 15) is 32.7 Å². The van der Waals surface area contributed by atoms with Gasteiger partial charge < -0.3 is 19.8 Å². The molecule has 30 heavy (non-hydrogen) atoms. The van der Waals surface area contributed by atoms with E-state index in [2.05, 4.69) is 16.7 Å². The van der Waals surface area contributed by atoms with Crippen molar-refractivity contribution in [1.82, 2.24) is 0 Å². The zero-order valence-corrected chi connectivity index (χ0v) is 20.3. The van der Waals surface area contributed by atoms with E-state index in [0.29, 0.717) is 12.8 Å². The molecule has 0 saturated heterocycles. The summed E-state index contributed by atoms with van der Waals surface area (Å²) in [6, 6.07) is 0. The third-order valence-electron chi connectivity index (χ3n) is 2.98. The summed E-state index contributed by atoms with van der Waals surface area (Å²) in [5.74, 6) is -5.04. The predicted octanol–water partition coefficient (Wildman–Crippen LogP) is 0.196. The first-order valence-corrected chi connectivity index (χ1v) is 11.2. The Morgan fingerprint density at radius 1 is 0.733 bits per heavy atom. The van der Waals surface area contributed by atoms with Crippen LogP contribution in [0.25, 0.3) is 0 Å². The molecule has 174 valence electrons. The molecule has 0 rings (SSSR count). The van der Waals surface area contributed by atoms with Crippen molar-refractivity contribution in [3.05, 3.63) is 0 Å². The van der Waals surface area contributed by atoms with Gasteiger partial charge in [0.05, 0.1) is 23.8 Å². The molecule has 0 N–H and O–H groups in total. The largest absolute Gasteiger partial charge is 0.549 e. The van der Waals surface area contributed by atoms with Gasteiger partial charge in [-0.05, 0) is 26.7 Å². The fraction of sp³-hybridized carbons (Fsp3) is 0.778. The van der Waals surface area contributed by atoms with E-state index < -0.39 is 42.4 Å². The van der Waals surface area contributed by atoms with Crippen LogP contribution in [0.15, 0.2) is 0 Å². The number of ketones is 2. The molecule has 0 saturated carbocycles. The normalized spacial score (nSPS) is 11.8. The number of rotatable bonds is 12. The van der Waals surface area contributed by atoms with Crippen LogP contribution in [0.4, 0.5) is 0 Å². The number of carbonyl (C=O) groups is 4. The molecular weight excluding hydrogens is 440 g/mol. The van der Waals surface area contributed by atoms with E-state index in [-0.39, 0.29) is 23.8 Å². The molecular formula is C18H32O11Ti. The summed E-state index contributed by atoms with van der Waals surface area (Å²) in [4.78, 5) is 50.1. The van der Waals surface area contributed by atoms with E-state index in [1.807, 2.05) is 0 Å². The maximum absolute atomic E-state index is 10.8. The van der Waals surface area contributed by atoms with Crippen molar-refractivity contribution < 1.29 is 68.0 Å². The third-order valence-corrected chi connectivity index (χ3v) is 3.71. The van der Waals surface area contributed by atoms with Crippen LogP contribution in [0.2, 0.25) is 0 Å². The van der Waals surface area contributed by atoms with Crippen molar-refractivity contribution in [2.24, 2.45) is 11.8 Å². The van der Waals surface area contributed by atoms with Gasteiger partial charge in [-0.3, -0.25) is 9.59 Å². The Morgan fingerprint density at radius 2 is 1.00 bits per heavy atom. The zero-order valence-electron chi connectivity index (χ0n) is 18.7. The maximum Gasteiger partial charge on any atom is 0.138 e. The number of carboxylic acids is 2. The first kappa shape index (κ1) is 33.3.